The SMILES string of the molecule is COc1ccccc1CCC(=O)N1CCC(c2nc3c(c(=O)[nH]2)CCN(C(C)C)C3)CC1. The number of amides is 1. The van der Waals surface area contributed by atoms with Gasteiger partial charge in [-0.3, -0.25) is 14.5 Å². The lowest BCUT2D eigenvalue weighted by Crippen LogP contribution is -2.41. The topological polar surface area (TPSA) is 78.5 Å². The first kappa shape index (κ1) is 22.5. The van der Waals surface area contributed by atoms with Gasteiger partial charge in [0.25, 0.3) is 5.56 Å². The van der Waals surface area contributed by atoms with Gasteiger partial charge in [0, 0.05) is 50.1 Å². The van der Waals surface area contributed by atoms with Crippen LogP contribution in [0.2, 0.25) is 0 Å². The third-order valence-corrected chi connectivity index (χ3v) is 6.89. The second-order valence-electron chi connectivity index (χ2n) is 9.16. The van der Waals surface area contributed by atoms with E-state index in [-0.39, 0.29) is 17.4 Å². The molecule has 1 aromatic carbocycles. The van der Waals surface area contributed by atoms with E-state index in [0.29, 0.717) is 32.0 Å². The Kier molecular flexibility index (Phi) is 6.94. The van der Waals surface area contributed by atoms with E-state index in [4.69, 9.17) is 9.72 Å². The number of piperidine rings is 1. The average Bonchev–Trinajstić information content (AvgIpc) is 2.82. The molecular weight excluding hydrogens is 404 g/mol. The van der Waals surface area contributed by atoms with Crippen LogP contribution in [0.25, 0.3) is 0 Å². The summed E-state index contributed by atoms with van der Waals surface area (Å²) in [4.78, 5) is 37.7. The van der Waals surface area contributed by atoms with Gasteiger partial charge in [0.1, 0.15) is 11.6 Å². The molecule has 2 aliphatic heterocycles. The summed E-state index contributed by atoms with van der Waals surface area (Å²) in [7, 11) is 1.66. The highest BCUT2D eigenvalue weighted by Gasteiger charge is 2.28. The van der Waals surface area contributed by atoms with Crippen molar-refractivity contribution in [2.24, 2.45) is 0 Å². The highest BCUT2D eigenvalue weighted by molar-refractivity contribution is 5.76. The smallest absolute Gasteiger partial charge is 0.254 e. The molecular formula is C25H34N4O3. The lowest BCUT2D eigenvalue weighted by molar-refractivity contribution is -0.132. The molecule has 32 heavy (non-hydrogen) atoms. The van der Waals surface area contributed by atoms with Crippen LogP contribution in [-0.4, -0.2) is 58.5 Å². The number of nitrogens with one attached hydrogen (secondary N) is 1. The zero-order valence-corrected chi connectivity index (χ0v) is 19.4. The van der Waals surface area contributed by atoms with E-state index in [1.54, 1.807) is 7.11 Å². The molecule has 172 valence electrons. The molecule has 0 unspecified atom stereocenters. The first-order chi connectivity index (χ1) is 15.5. The maximum Gasteiger partial charge on any atom is 0.254 e. The first-order valence-corrected chi connectivity index (χ1v) is 11.7. The molecule has 2 aliphatic rings. The van der Waals surface area contributed by atoms with Crippen molar-refractivity contribution in [2.45, 2.75) is 64.5 Å². The standard InChI is InChI=1S/C25H34N4O3/c1-17(2)29-15-12-20-21(16-29)26-24(27-25(20)31)19-10-13-28(14-11-19)23(30)9-8-18-6-4-5-7-22(18)32-3/h4-7,17,19H,8-16H2,1-3H3,(H,26,27,31). The molecule has 3 heterocycles. The molecule has 1 saturated heterocycles. The third kappa shape index (κ3) is 4.88. The molecule has 1 N–H and O–H groups in total. The second kappa shape index (κ2) is 9.86. The van der Waals surface area contributed by atoms with Crippen LogP contribution in [0, 0.1) is 0 Å². The fraction of sp³-hybridized carbons (Fsp3) is 0.560. The summed E-state index contributed by atoms with van der Waals surface area (Å²) < 4.78 is 5.39. The van der Waals surface area contributed by atoms with Gasteiger partial charge >= 0.3 is 0 Å². The van der Waals surface area contributed by atoms with Crippen LogP contribution in [0.15, 0.2) is 29.1 Å². The van der Waals surface area contributed by atoms with Crippen molar-refractivity contribution in [3.8, 4) is 5.75 Å². The van der Waals surface area contributed by atoms with E-state index in [9.17, 15) is 9.59 Å². The number of aromatic nitrogens is 2. The summed E-state index contributed by atoms with van der Waals surface area (Å²) in [6.07, 6.45) is 3.57. The number of rotatable bonds is 6. The van der Waals surface area contributed by atoms with Gasteiger partial charge in [-0.2, -0.15) is 0 Å². The van der Waals surface area contributed by atoms with Gasteiger partial charge in [0.05, 0.1) is 12.8 Å². The number of aromatic amines is 1. The number of hydrogen-bond donors (Lipinski definition) is 1. The average molecular weight is 439 g/mol. The Bertz CT molecular complexity index is 1010. The van der Waals surface area contributed by atoms with Crippen LogP contribution in [0.3, 0.4) is 0 Å². The lowest BCUT2D eigenvalue weighted by Gasteiger charge is -2.33. The first-order valence-electron chi connectivity index (χ1n) is 11.7. The number of methoxy groups -OCH3 is 1. The van der Waals surface area contributed by atoms with Crippen LogP contribution in [0.1, 0.15) is 61.7 Å². The Morgan fingerprint density at radius 1 is 1.22 bits per heavy atom. The highest BCUT2D eigenvalue weighted by atomic mass is 16.5. The molecule has 0 aliphatic carbocycles. The number of nitrogens with zero attached hydrogens (tertiary/aromatic N) is 3. The summed E-state index contributed by atoms with van der Waals surface area (Å²) in [5.74, 6) is 1.99. The molecule has 0 bridgehead atoms. The molecule has 2 aromatic rings. The number of para-hydroxylation sites is 1. The minimum Gasteiger partial charge on any atom is -0.496 e. The minimum absolute atomic E-state index is 0.0173. The molecule has 0 radical (unpaired) electrons. The number of H-pyrrole nitrogens is 1. The van der Waals surface area contributed by atoms with Crippen LogP contribution in [0.4, 0.5) is 0 Å². The maximum atomic E-state index is 12.8. The minimum atomic E-state index is 0.0173. The normalized spacial score (nSPS) is 17.4. The van der Waals surface area contributed by atoms with Crippen LogP contribution in [-0.2, 0) is 24.2 Å². The van der Waals surface area contributed by atoms with Crippen LogP contribution >= 0.6 is 0 Å². The van der Waals surface area contributed by atoms with Crippen LogP contribution in [0.5, 0.6) is 5.75 Å². The molecule has 7 heteroatoms. The molecule has 4 rings (SSSR count). The third-order valence-electron chi connectivity index (χ3n) is 6.89. The van der Waals surface area contributed by atoms with E-state index < -0.39 is 0 Å². The largest absolute Gasteiger partial charge is 0.496 e. The van der Waals surface area contributed by atoms with Crippen molar-refractivity contribution in [1.29, 1.82) is 0 Å². The summed E-state index contributed by atoms with van der Waals surface area (Å²) >= 11 is 0. The highest BCUT2D eigenvalue weighted by Crippen LogP contribution is 2.27. The molecule has 1 aromatic heterocycles. The van der Waals surface area contributed by atoms with E-state index in [1.807, 2.05) is 29.2 Å². The van der Waals surface area contributed by atoms with Gasteiger partial charge in [-0.05, 0) is 51.2 Å². The predicted octanol–water partition coefficient (Wildman–Crippen LogP) is 2.88. The quantitative estimate of drug-likeness (QED) is 0.750. The summed E-state index contributed by atoms with van der Waals surface area (Å²) in [6.45, 7) is 7.41. The van der Waals surface area contributed by atoms with E-state index in [0.717, 1.165) is 60.7 Å². The van der Waals surface area contributed by atoms with Gasteiger partial charge in [-0.15, -0.1) is 0 Å². The van der Waals surface area contributed by atoms with Crippen molar-refractivity contribution < 1.29 is 9.53 Å². The fourth-order valence-electron chi connectivity index (χ4n) is 4.82. The monoisotopic (exact) mass is 438 g/mol. The Morgan fingerprint density at radius 3 is 2.69 bits per heavy atom. The van der Waals surface area contributed by atoms with Gasteiger partial charge in [-0.1, -0.05) is 18.2 Å². The maximum absolute atomic E-state index is 12.8. The zero-order valence-electron chi connectivity index (χ0n) is 19.4. The van der Waals surface area contributed by atoms with Gasteiger partial charge < -0.3 is 14.6 Å². The Balaban J connectivity index is 1.35. The number of carbonyl (C=O) groups excluding carboxylic acids is 1. The predicted molar refractivity (Wildman–Crippen MR) is 124 cm³/mol. The number of benzene rings is 1. The van der Waals surface area contributed by atoms with Gasteiger partial charge in [0.2, 0.25) is 5.91 Å². The Hall–Kier alpha value is -2.67. The number of hydrogen-bond acceptors (Lipinski definition) is 5. The Morgan fingerprint density at radius 2 is 1.97 bits per heavy atom. The molecule has 0 atom stereocenters. The molecule has 7 nitrogen and oxygen atoms in total. The number of likely N-dealkylation sites (tertiary alicyclic amines) is 1. The van der Waals surface area contributed by atoms with Crippen molar-refractivity contribution in [3.05, 3.63) is 57.3 Å². The van der Waals surface area contributed by atoms with Gasteiger partial charge in [-0.25, -0.2) is 4.98 Å². The molecule has 1 amide bonds. The fourth-order valence-corrected chi connectivity index (χ4v) is 4.82. The van der Waals surface area contributed by atoms with Crippen molar-refractivity contribution in [2.75, 3.05) is 26.7 Å². The molecule has 0 spiro atoms. The number of carbonyl (C=O) groups is 1. The second-order valence-corrected chi connectivity index (χ2v) is 9.16. The number of fused-ring (bicyclic) bond motifs is 1. The van der Waals surface area contributed by atoms with Gasteiger partial charge in [0.15, 0.2) is 0 Å². The zero-order chi connectivity index (χ0) is 22.7. The van der Waals surface area contributed by atoms with Crippen molar-refractivity contribution >= 4 is 5.91 Å². The van der Waals surface area contributed by atoms with Crippen LogP contribution < -0.4 is 10.3 Å². The van der Waals surface area contributed by atoms with E-state index in [2.05, 4.69) is 23.7 Å². The summed E-state index contributed by atoms with van der Waals surface area (Å²) in [5.41, 5.74) is 2.85. The lowest BCUT2D eigenvalue weighted by atomic mass is 9.94. The summed E-state index contributed by atoms with van der Waals surface area (Å²) in [6, 6.07) is 8.29. The van der Waals surface area contributed by atoms with Crippen molar-refractivity contribution in [1.82, 2.24) is 19.8 Å². The summed E-state index contributed by atoms with van der Waals surface area (Å²) in [5, 5.41) is 0. The van der Waals surface area contributed by atoms with Crippen molar-refractivity contribution in [3.63, 3.8) is 0 Å². The van der Waals surface area contributed by atoms with E-state index in [1.165, 1.54) is 0 Å². The molecule has 1 fully saturated rings. The van der Waals surface area contributed by atoms with E-state index >= 15 is 0 Å². The number of ether oxygens (including phenoxy) is 1. The number of aryl methyl sites for hydroxylation is 1. The Labute approximate surface area is 189 Å². The molecule has 0 saturated carbocycles.